The van der Waals surface area contributed by atoms with Crippen LogP contribution in [0.5, 0.6) is 0 Å². The number of carbonyl (C=O) groups is 1. The fraction of sp³-hybridized carbons (Fsp3) is 0.900. The third-order valence-electron chi connectivity index (χ3n) is 2.98. The average molecular weight is 216 g/mol. The number of nitrogens with zero attached hydrogens (tertiary/aromatic N) is 1. The summed E-state index contributed by atoms with van der Waals surface area (Å²) in [5.74, 6) is 0.768. The molecule has 0 bridgehead atoms. The van der Waals surface area contributed by atoms with Crippen LogP contribution >= 0.6 is 11.8 Å². The van der Waals surface area contributed by atoms with E-state index in [2.05, 4.69) is 6.92 Å². The molecule has 0 aliphatic carbocycles. The molecule has 4 heteroatoms. The van der Waals surface area contributed by atoms with Crippen LogP contribution in [-0.2, 0) is 4.79 Å². The highest BCUT2D eigenvalue weighted by atomic mass is 32.2. The van der Waals surface area contributed by atoms with Crippen molar-refractivity contribution in [3.05, 3.63) is 0 Å². The number of hydrogen-bond donors (Lipinski definition) is 1. The molecule has 3 nitrogen and oxygen atoms in total. The molecule has 1 amide bonds. The Balaban J connectivity index is 2.56. The molecule has 1 aliphatic heterocycles. The normalized spacial score (nSPS) is 29.3. The second kappa shape index (κ2) is 5.03. The van der Waals surface area contributed by atoms with E-state index in [1.165, 1.54) is 0 Å². The molecule has 1 fully saturated rings. The summed E-state index contributed by atoms with van der Waals surface area (Å²) in [5, 5.41) is 0.0778. The molecular weight excluding hydrogens is 196 g/mol. The van der Waals surface area contributed by atoms with E-state index in [0.29, 0.717) is 18.5 Å². The van der Waals surface area contributed by atoms with Gasteiger partial charge < -0.3 is 10.6 Å². The summed E-state index contributed by atoms with van der Waals surface area (Å²) in [6, 6.07) is 0.366. The number of hydrogen-bond acceptors (Lipinski definition) is 3. The van der Waals surface area contributed by atoms with Gasteiger partial charge in [0.05, 0.1) is 5.25 Å². The number of rotatable bonds is 3. The van der Waals surface area contributed by atoms with Crippen molar-refractivity contribution in [2.24, 2.45) is 11.7 Å². The summed E-state index contributed by atoms with van der Waals surface area (Å²) in [7, 11) is 0. The van der Waals surface area contributed by atoms with Crippen molar-refractivity contribution in [3.63, 3.8) is 0 Å². The molecule has 1 saturated heterocycles. The summed E-state index contributed by atoms with van der Waals surface area (Å²) in [5.41, 5.74) is 5.62. The molecule has 1 rings (SSSR count). The van der Waals surface area contributed by atoms with Gasteiger partial charge in [-0.3, -0.25) is 4.79 Å². The summed E-state index contributed by atoms with van der Waals surface area (Å²) in [4.78, 5) is 13.9. The van der Waals surface area contributed by atoms with E-state index in [-0.39, 0.29) is 11.2 Å². The smallest absolute Gasteiger partial charge is 0.235 e. The van der Waals surface area contributed by atoms with Crippen molar-refractivity contribution in [1.29, 1.82) is 0 Å². The number of carbonyl (C=O) groups excluding carboxylic acids is 1. The van der Waals surface area contributed by atoms with Crippen LogP contribution in [0.25, 0.3) is 0 Å². The first-order valence-electron chi connectivity index (χ1n) is 5.13. The molecule has 1 aliphatic rings. The van der Waals surface area contributed by atoms with Crippen LogP contribution in [0.3, 0.4) is 0 Å². The van der Waals surface area contributed by atoms with Gasteiger partial charge in [0.25, 0.3) is 0 Å². The van der Waals surface area contributed by atoms with Crippen molar-refractivity contribution in [3.8, 4) is 0 Å². The lowest BCUT2D eigenvalue weighted by Crippen LogP contribution is -2.39. The zero-order valence-electron chi connectivity index (χ0n) is 9.19. The van der Waals surface area contributed by atoms with Gasteiger partial charge in [0.2, 0.25) is 5.91 Å². The largest absolute Gasteiger partial charge is 0.339 e. The molecule has 1 heterocycles. The van der Waals surface area contributed by atoms with Crippen LogP contribution in [0.15, 0.2) is 0 Å². The highest BCUT2D eigenvalue weighted by Gasteiger charge is 2.33. The summed E-state index contributed by atoms with van der Waals surface area (Å²) >= 11 is 1.61. The Bertz CT molecular complexity index is 210. The van der Waals surface area contributed by atoms with Crippen molar-refractivity contribution in [2.75, 3.05) is 19.3 Å². The van der Waals surface area contributed by atoms with Crippen LogP contribution in [-0.4, -0.2) is 41.4 Å². The summed E-state index contributed by atoms with van der Waals surface area (Å²) in [6.07, 6.45) is 3.03. The van der Waals surface area contributed by atoms with E-state index in [4.69, 9.17) is 5.73 Å². The van der Waals surface area contributed by atoms with Crippen molar-refractivity contribution >= 4 is 17.7 Å². The second-order valence-electron chi connectivity index (χ2n) is 4.05. The van der Waals surface area contributed by atoms with Gasteiger partial charge in [0.15, 0.2) is 0 Å². The Morgan fingerprint density at radius 1 is 1.71 bits per heavy atom. The van der Waals surface area contributed by atoms with E-state index in [0.717, 1.165) is 13.0 Å². The quantitative estimate of drug-likeness (QED) is 0.763. The van der Waals surface area contributed by atoms with Crippen LogP contribution in [0.2, 0.25) is 0 Å². The first-order chi connectivity index (χ1) is 6.60. The van der Waals surface area contributed by atoms with Gasteiger partial charge in [-0.2, -0.15) is 11.8 Å². The molecule has 3 unspecified atom stereocenters. The van der Waals surface area contributed by atoms with E-state index in [1.807, 2.05) is 18.1 Å². The predicted octanol–water partition coefficient (Wildman–Crippen LogP) is 0.934. The number of nitrogens with two attached hydrogens (primary N) is 1. The standard InChI is InChI=1S/C10H20N2OS/c1-7-4-9(5-11)6-12(7)10(13)8(2)14-3/h7-9H,4-6,11H2,1-3H3. The third-order valence-corrected chi connectivity index (χ3v) is 3.89. The third kappa shape index (κ3) is 2.42. The predicted molar refractivity (Wildman–Crippen MR) is 61.3 cm³/mol. The van der Waals surface area contributed by atoms with Crippen LogP contribution in [0.1, 0.15) is 20.3 Å². The van der Waals surface area contributed by atoms with Gasteiger partial charge >= 0.3 is 0 Å². The van der Waals surface area contributed by atoms with Gasteiger partial charge in [0.1, 0.15) is 0 Å². The van der Waals surface area contributed by atoms with Gasteiger partial charge in [0, 0.05) is 12.6 Å². The maximum Gasteiger partial charge on any atom is 0.235 e. The highest BCUT2D eigenvalue weighted by Crippen LogP contribution is 2.24. The Hall–Kier alpha value is -0.220. The topological polar surface area (TPSA) is 46.3 Å². The van der Waals surface area contributed by atoms with Crippen LogP contribution < -0.4 is 5.73 Å². The minimum Gasteiger partial charge on any atom is -0.339 e. The lowest BCUT2D eigenvalue weighted by atomic mass is 10.1. The molecule has 0 saturated carbocycles. The maximum atomic E-state index is 11.9. The fourth-order valence-electron chi connectivity index (χ4n) is 1.95. The SMILES string of the molecule is CSC(C)C(=O)N1CC(CN)CC1C. The van der Waals surface area contributed by atoms with Crippen LogP contribution in [0, 0.1) is 5.92 Å². The Labute approximate surface area is 90.4 Å². The molecule has 0 spiro atoms. The number of amides is 1. The fourth-order valence-corrected chi connectivity index (χ4v) is 2.29. The van der Waals surface area contributed by atoms with Crippen molar-refractivity contribution < 1.29 is 4.79 Å². The minimum absolute atomic E-state index is 0.0778. The monoisotopic (exact) mass is 216 g/mol. The second-order valence-corrected chi connectivity index (χ2v) is 5.23. The number of thioether (sulfide) groups is 1. The molecule has 0 aromatic carbocycles. The average Bonchev–Trinajstić information content (AvgIpc) is 2.57. The van der Waals surface area contributed by atoms with Crippen molar-refractivity contribution in [1.82, 2.24) is 4.90 Å². The van der Waals surface area contributed by atoms with Gasteiger partial charge in [-0.25, -0.2) is 0 Å². The Morgan fingerprint density at radius 3 is 2.79 bits per heavy atom. The first-order valence-corrected chi connectivity index (χ1v) is 6.42. The maximum absolute atomic E-state index is 11.9. The molecule has 82 valence electrons. The van der Waals surface area contributed by atoms with Gasteiger partial charge in [-0.15, -0.1) is 0 Å². The zero-order chi connectivity index (χ0) is 10.7. The molecule has 3 atom stereocenters. The molecule has 2 N–H and O–H groups in total. The first kappa shape index (κ1) is 11.9. The molecule has 0 radical (unpaired) electrons. The van der Waals surface area contributed by atoms with Gasteiger partial charge in [-0.1, -0.05) is 0 Å². The minimum atomic E-state index is 0.0778. The molecule has 0 aromatic heterocycles. The van der Waals surface area contributed by atoms with Gasteiger partial charge in [-0.05, 0) is 39.0 Å². The van der Waals surface area contributed by atoms with Crippen LogP contribution in [0.4, 0.5) is 0 Å². The lowest BCUT2D eigenvalue weighted by Gasteiger charge is -2.24. The molecule has 0 aromatic rings. The Morgan fingerprint density at radius 2 is 2.36 bits per heavy atom. The van der Waals surface area contributed by atoms with E-state index in [9.17, 15) is 4.79 Å². The zero-order valence-corrected chi connectivity index (χ0v) is 10.0. The van der Waals surface area contributed by atoms with Crippen molar-refractivity contribution in [2.45, 2.75) is 31.6 Å². The summed E-state index contributed by atoms with van der Waals surface area (Å²) < 4.78 is 0. The number of likely N-dealkylation sites (tertiary alicyclic amines) is 1. The lowest BCUT2D eigenvalue weighted by molar-refractivity contribution is -0.130. The Kier molecular flexibility index (Phi) is 4.26. The summed E-state index contributed by atoms with van der Waals surface area (Å²) in [6.45, 7) is 5.62. The molecule has 14 heavy (non-hydrogen) atoms. The van der Waals surface area contributed by atoms with E-state index < -0.39 is 0 Å². The van der Waals surface area contributed by atoms with E-state index >= 15 is 0 Å². The molecular formula is C10H20N2OS. The van der Waals surface area contributed by atoms with E-state index in [1.54, 1.807) is 11.8 Å². The highest BCUT2D eigenvalue weighted by molar-refractivity contribution is 7.99.